The number of nitrogens with one attached hydrogen (secondary N) is 1. The van der Waals surface area contributed by atoms with Crippen LogP contribution in [0.15, 0.2) is 54.7 Å². The van der Waals surface area contributed by atoms with Gasteiger partial charge in [-0.1, -0.05) is 24.3 Å². The number of amides is 1. The number of likely N-dealkylation sites (N-methyl/N-ethyl adjacent to an activating group) is 1. The first kappa shape index (κ1) is 23.8. The average molecular weight is 423 g/mol. The minimum atomic E-state index is -0.000925. The summed E-state index contributed by atoms with van der Waals surface area (Å²) in [4.78, 5) is 14.5. The second-order valence-corrected chi connectivity index (χ2v) is 6.83. The molecule has 2 aromatic carbocycles. The summed E-state index contributed by atoms with van der Waals surface area (Å²) in [5, 5.41) is 4.18. The smallest absolute Gasteiger partial charge is 0.224 e. The summed E-state index contributed by atoms with van der Waals surface area (Å²) in [5.74, 6) is -0.000925. The van der Waals surface area contributed by atoms with Crippen LogP contribution in [0.3, 0.4) is 0 Å². The van der Waals surface area contributed by atoms with E-state index < -0.39 is 0 Å². The van der Waals surface area contributed by atoms with Crippen molar-refractivity contribution in [3.8, 4) is 0 Å². The number of anilines is 2. The molecule has 0 saturated carbocycles. The molecule has 0 radical (unpaired) electrons. The van der Waals surface area contributed by atoms with E-state index in [2.05, 4.69) is 41.1 Å². The molecule has 1 aromatic heterocycles. The molecule has 7 heteroatoms. The summed E-state index contributed by atoms with van der Waals surface area (Å²) in [7, 11) is 4.13. The molecule has 1 heterocycles. The number of carbonyl (C=O) groups is 1. The van der Waals surface area contributed by atoms with E-state index >= 15 is 0 Å². The Morgan fingerprint density at radius 2 is 1.86 bits per heavy atom. The molecule has 0 fully saturated rings. The van der Waals surface area contributed by atoms with Crippen molar-refractivity contribution in [1.29, 1.82) is 0 Å². The molecule has 1 amide bonds. The van der Waals surface area contributed by atoms with Crippen LogP contribution in [0, 0.1) is 0 Å². The van der Waals surface area contributed by atoms with Gasteiger partial charge in [0.15, 0.2) is 0 Å². The van der Waals surface area contributed by atoms with Gasteiger partial charge < -0.3 is 20.5 Å². The highest BCUT2D eigenvalue weighted by molar-refractivity contribution is 5.94. The number of benzene rings is 2. The molecule has 28 heavy (non-hydrogen) atoms. The van der Waals surface area contributed by atoms with Crippen LogP contribution >= 0.6 is 24.8 Å². The maximum atomic E-state index is 12.3. The number of fused-ring (bicyclic) bond motifs is 1. The lowest BCUT2D eigenvalue weighted by Gasteiger charge is -2.12. The SMILES string of the molecule is CN(C)CCn1ccc2ccc(NC(=O)CCc3ccccc3N)cc21.Cl.Cl. The lowest BCUT2D eigenvalue weighted by molar-refractivity contribution is -0.116. The minimum absolute atomic E-state index is 0. The van der Waals surface area contributed by atoms with Gasteiger partial charge in [0.1, 0.15) is 0 Å². The number of para-hydroxylation sites is 1. The van der Waals surface area contributed by atoms with Gasteiger partial charge in [0.2, 0.25) is 5.91 Å². The van der Waals surface area contributed by atoms with Crippen LogP contribution in [0.1, 0.15) is 12.0 Å². The van der Waals surface area contributed by atoms with Crippen molar-refractivity contribution >= 4 is 53.0 Å². The van der Waals surface area contributed by atoms with Crippen LogP contribution in [0.25, 0.3) is 10.9 Å². The predicted octanol–water partition coefficient (Wildman–Crippen LogP) is 4.20. The first-order chi connectivity index (χ1) is 12.5. The van der Waals surface area contributed by atoms with Crippen LogP contribution in [-0.2, 0) is 17.8 Å². The molecule has 152 valence electrons. The number of rotatable bonds is 7. The van der Waals surface area contributed by atoms with E-state index in [1.165, 1.54) is 5.39 Å². The molecule has 3 aromatic rings. The van der Waals surface area contributed by atoms with Crippen molar-refractivity contribution in [1.82, 2.24) is 9.47 Å². The Labute approximate surface area is 178 Å². The number of aromatic nitrogens is 1. The van der Waals surface area contributed by atoms with Crippen LogP contribution in [0.2, 0.25) is 0 Å². The molecule has 0 bridgehead atoms. The topological polar surface area (TPSA) is 63.3 Å². The van der Waals surface area contributed by atoms with E-state index in [0.29, 0.717) is 12.8 Å². The van der Waals surface area contributed by atoms with Gasteiger partial charge in [-0.05, 0) is 55.7 Å². The first-order valence-corrected chi connectivity index (χ1v) is 8.90. The van der Waals surface area contributed by atoms with Gasteiger partial charge in [-0.15, -0.1) is 24.8 Å². The van der Waals surface area contributed by atoms with Crippen molar-refractivity contribution in [2.45, 2.75) is 19.4 Å². The number of hydrogen-bond donors (Lipinski definition) is 2. The van der Waals surface area contributed by atoms with Gasteiger partial charge in [-0.2, -0.15) is 0 Å². The average Bonchev–Trinajstić information content (AvgIpc) is 3.01. The third kappa shape index (κ3) is 6.16. The number of halogens is 2. The molecule has 0 saturated heterocycles. The Bertz CT molecular complexity index is 908. The van der Waals surface area contributed by atoms with Gasteiger partial charge in [0.05, 0.1) is 5.52 Å². The monoisotopic (exact) mass is 422 g/mol. The summed E-state index contributed by atoms with van der Waals surface area (Å²) < 4.78 is 2.22. The van der Waals surface area contributed by atoms with E-state index in [9.17, 15) is 4.79 Å². The molecular weight excluding hydrogens is 395 g/mol. The number of hydrogen-bond acceptors (Lipinski definition) is 3. The number of nitrogens with two attached hydrogens (primary N) is 1. The maximum absolute atomic E-state index is 12.3. The summed E-state index contributed by atoms with van der Waals surface area (Å²) in [6.45, 7) is 1.89. The van der Waals surface area contributed by atoms with Crippen LogP contribution in [0.4, 0.5) is 11.4 Å². The van der Waals surface area contributed by atoms with Crippen molar-refractivity contribution in [2.24, 2.45) is 0 Å². The summed E-state index contributed by atoms with van der Waals surface area (Å²) >= 11 is 0. The fourth-order valence-corrected chi connectivity index (χ4v) is 3.00. The maximum Gasteiger partial charge on any atom is 0.224 e. The second kappa shape index (κ2) is 11.0. The lowest BCUT2D eigenvalue weighted by Crippen LogP contribution is -2.18. The molecule has 0 aliphatic heterocycles. The van der Waals surface area contributed by atoms with Crippen molar-refractivity contribution in [2.75, 3.05) is 31.7 Å². The largest absolute Gasteiger partial charge is 0.399 e. The highest BCUT2D eigenvalue weighted by atomic mass is 35.5. The highest BCUT2D eigenvalue weighted by Crippen LogP contribution is 2.21. The zero-order valence-corrected chi connectivity index (χ0v) is 17.9. The number of nitrogens with zero attached hydrogens (tertiary/aromatic N) is 2. The van der Waals surface area contributed by atoms with Crippen molar-refractivity contribution in [3.63, 3.8) is 0 Å². The van der Waals surface area contributed by atoms with Crippen molar-refractivity contribution < 1.29 is 4.79 Å². The third-order valence-corrected chi connectivity index (χ3v) is 4.52. The van der Waals surface area contributed by atoms with Gasteiger partial charge in [0, 0.05) is 37.1 Å². The zero-order chi connectivity index (χ0) is 18.5. The van der Waals surface area contributed by atoms with Gasteiger partial charge >= 0.3 is 0 Å². The molecule has 0 spiro atoms. The third-order valence-electron chi connectivity index (χ3n) is 4.52. The van der Waals surface area contributed by atoms with Gasteiger partial charge in [0.25, 0.3) is 0 Å². The summed E-state index contributed by atoms with van der Waals surface area (Å²) in [5.41, 5.74) is 9.65. The second-order valence-electron chi connectivity index (χ2n) is 6.83. The quantitative estimate of drug-likeness (QED) is 0.560. The molecule has 5 nitrogen and oxygen atoms in total. The van der Waals surface area contributed by atoms with Crippen LogP contribution in [0.5, 0.6) is 0 Å². The molecule has 3 N–H and O–H groups in total. The fraction of sp³-hybridized carbons (Fsp3) is 0.286. The van der Waals surface area contributed by atoms with Gasteiger partial charge in [-0.25, -0.2) is 0 Å². The molecule has 0 aliphatic carbocycles. The number of carbonyl (C=O) groups excluding carboxylic acids is 1. The van der Waals surface area contributed by atoms with E-state index in [4.69, 9.17) is 5.73 Å². The number of aryl methyl sites for hydroxylation is 1. The molecule has 0 unspecified atom stereocenters. The molecule has 3 rings (SSSR count). The Morgan fingerprint density at radius 1 is 1.11 bits per heavy atom. The van der Waals surface area contributed by atoms with Crippen LogP contribution in [-0.4, -0.2) is 36.0 Å². The Morgan fingerprint density at radius 3 is 2.57 bits per heavy atom. The normalized spacial score (nSPS) is 10.4. The van der Waals surface area contributed by atoms with Gasteiger partial charge in [-0.3, -0.25) is 4.79 Å². The first-order valence-electron chi connectivity index (χ1n) is 8.90. The van der Waals surface area contributed by atoms with Crippen molar-refractivity contribution in [3.05, 3.63) is 60.3 Å². The van der Waals surface area contributed by atoms with E-state index in [1.807, 2.05) is 42.5 Å². The predicted molar refractivity (Wildman–Crippen MR) is 123 cm³/mol. The molecule has 0 atom stereocenters. The zero-order valence-electron chi connectivity index (χ0n) is 16.2. The fourth-order valence-electron chi connectivity index (χ4n) is 3.00. The molecular formula is C21H28Cl2N4O. The number of nitrogen functional groups attached to an aromatic ring is 1. The lowest BCUT2D eigenvalue weighted by atomic mass is 10.1. The summed E-state index contributed by atoms with van der Waals surface area (Å²) in [6, 6.07) is 15.8. The standard InChI is InChI=1S/C21H26N4O.2ClH/c1-24(2)13-14-25-12-11-17-7-9-18(15-20(17)25)23-21(26)10-8-16-5-3-4-6-19(16)22;;/h3-7,9,11-12,15H,8,10,13-14,22H2,1-2H3,(H,23,26);2*1H. The Kier molecular flexibility index (Phi) is 9.32. The van der Waals surface area contributed by atoms with E-state index in [-0.39, 0.29) is 30.7 Å². The molecule has 0 aliphatic rings. The van der Waals surface area contributed by atoms with E-state index in [0.717, 1.165) is 35.5 Å². The highest BCUT2D eigenvalue weighted by Gasteiger charge is 2.07. The minimum Gasteiger partial charge on any atom is -0.399 e. The Balaban J connectivity index is 0.00000196. The van der Waals surface area contributed by atoms with Crippen LogP contribution < -0.4 is 11.1 Å². The Hall–Kier alpha value is -2.21. The summed E-state index contributed by atoms with van der Waals surface area (Å²) in [6.07, 6.45) is 3.14. The van der Waals surface area contributed by atoms with E-state index in [1.54, 1.807) is 0 Å².